The average molecular weight is 448 g/mol. The lowest BCUT2D eigenvalue weighted by Crippen LogP contribution is -2.45. The molecule has 0 spiro atoms. The summed E-state index contributed by atoms with van der Waals surface area (Å²) in [6, 6.07) is 14.4. The van der Waals surface area contributed by atoms with Crippen molar-refractivity contribution in [3.63, 3.8) is 0 Å². The molecule has 0 radical (unpaired) electrons. The maximum atomic E-state index is 11.9. The number of fused-ring (bicyclic) bond motifs is 1. The van der Waals surface area contributed by atoms with Crippen LogP contribution in [0.15, 0.2) is 53.7 Å². The van der Waals surface area contributed by atoms with Crippen molar-refractivity contribution in [1.29, 1.82) is 0 Å². The Hall–Kier alpha value is -2.94. The van der Waals surface area contributed by atoms with E-state index in [4.69, 9.17) is 0 Å². The molecule has 2 aliphatic heterocycles. The second kappa shape index (κ2) is 8.90. The van der Waals surface area contributed by atoms with E-state index in [2.05, 4.69) is 55.9 Å². The number of imidazole rings is 1. The molecular formula is C24H25N5O2S. The van der Waals surface area contributed by atoms with E-state index in [9.17, 15) is 9.59 Å². The fraction of sp³-hybridized carbons (Fsp3) is 0.292. The predicted octanol–water partition coefficient (Wildman–Crippen LogP) is 3.49. The van der Waals surface area contributed by atoms with E-state index in [0.29, 0.717) is 4.91 Å². The van der Waals surface area contributed by atoms with Crippen LogP contribution < -0.4 is 5.32 Å². The molecule has 2 aromatic carbocycles. The molecule has 32 heavy (non-hydrogen) atoms. The number of hydrogen-bond acceptors (Lipinski definition) is 6. The smallest absolute Gasteiger partial charge is 0.290 e. The molecule has 2 aliphatic rings. The number of hydrogen-bond donors (Lipinski definition) is 1. The second-order valence-electron chi connectivity index (χ2n) is 8.10. The highest BCUT2D eigenvalue weighted by molar-refractivity contribution is 8.18. The minimum Gasteiger partial charge on any atom is -0.301 e. The van der Waals surface area contributed by atoms with Crippen LogP contribution in [0.4, 0.5) is 4.79 Å². The van der Waals surface area contributed by atoms with E-state index in [1.807, 2.05) is 24.5 Å². The number of piperazine rings is 1. The Labute approximate surface area is 191 Å². The molecule has 0 bridgehead atoms. The Bertz CT molecular complexity index is 1210. The molecule has 0 saturated carbocycles. The van der Waals surface area contributed by atoms with Crippen molar-refractivity contribution in [2.45, 2.75) is 13.5 Å². The van der Waals surface area contributed by atoms with E-state index in [1.165, 1.54) is 5.56 Å². The monoisotopic (exact) mass is 447 g/mol. The summed E-state index contributed by atoms with van der Waals surface area (Å²) in [4.78, 5) is 33.3. The van der Waals surface area contributed by atoms with E-state index in [-0.39, 0.29) is 11.1 Å². The molecule has 2 saturated heterocycles. The summed E-state index contributed by atoms with van der Waals surface area (Å²) in [5.74, 6) is -0.346. The SMILES string of the molecule is CCN1CCN(Cc2cccc(-n3cnc4ccc(C=C5SC(=O)NC5=O)cc43)c2)CC1. The average Bonchev–Trinajstić information content (AvgIpc) is 3.36. The van der Waals surface area contributed by atoms with Crippen LogP contribution in [0.5, 0.6) is 0 Å². The maximum Gasteiger partial charge on any atom is 0.290 e. The van der Waals surface area contributed by atoms with Gasteiger partial charge in [0.1, 0.15) is 6.33 Å². The summed E-state index contributed by atoms with van der Waals surface area (Å²) < 4.78 is 2.07. The summed E-state index contributed by atoms with van der Waals surface area (Å²) >= 11 is 0.928. The minimum atomic E-state index is -0.346. The van der Waals surface area contributed by atoms with Crippen LogP contribution >= 0.6 is 11.8 Å². The van der Waals surface area contributed by atoms with Crippen molar-refractivity contribution in [1.82, 2.24) is 24.7 Å². The number of nitrogens with one attached hydrogen (secondary N) is 1. The number of nitrogens with zero attached hydrogens (tertiary/aromatic N) is 4. The van der Waals surface area contributed by atoms with E-state index in [1.54, 1.807) is 6.08 Å². The maximum absolute atomic E-state index is 11.9. The third kappa shape index (κ3) is 4.34. The fourth-order valence-electron chi connectivity index (χ4n) is 4.22. The van der Waals surface area contributed by atoms with Crippen molar-refractivity contribution in [3.8, 4) is 5.69 Å². The number of benzene rings is 2. The van der Waals surface area contributed by atoms with Crippen molar-refractivity contribution >= 4 is 40.0 Å². The Morgan fingerprint density at radius 3 is 2.62 bits per heavy atom. The van der Waals surface area contributed by atoms with Crippen LogP contribution in [0.1, 0.15) is 18.1 Å². The van der Waals surface area contributed by atoms with E-state index >= 15 is 0 Å². The first kappa shape index (κ1) is 20.9. The summed E-state index contributed by atoms with van der Waals surface area (Å²) in [7, 11) is 0. The van der Waals surface area contributed by atoms with Gasteiger partial charge in [0.15, 0.2) is 0 Å². The second-order valence-corrected chi connectivity index (χ2v) is 9.11. The molecule has 1 aromatic heterocycles. The molecule has 164 valence electrons. The molecule has 5 rings (SSSR count). The van der Waals surface area contributed by atoms with E-state index < -0.39 is 0 Å². The highest BCUT2D eigenvalue weighted by Gasteiger charge is 2.25. The molecule has 1 N–H and O–H groups in total. The van der Waals surface area contributed by atoms with Gasteiger partial charge in [-0.1, -0.05) is 25.1 Å². The molecule has 3 heterocycles. The largest absolute Gasteiger partial charge is 0.301 e. The lowest BCUT2D eigenvalue weighted by molar-refractivity contribution is -0.115. The van der Waals surface area contributed by atoms with Crippen molar-refractivity contribution in [2.24, 2.45) is 0 Å². The molecule has 0 aliphatic carbocycles. The predicted molar refractivity (Wildman–Crippen MR) is 128 cm³/mol. The molecule has 0 unspecified atom stereocenters. The number of rotatable bonds is 5. The lowest BCUT2D eigenvalue weighted by Gasteiger charge is -2.34. The van der Waals surface area contributed by atoms with Gasteiger partial charge in [0, 0.05) is 38.4 Å². The number of thioether (sulfide) groups is 1. The molecule has 2 fully saturated rings. The van der Waals surface area contributed by atoms with Crippen LogP contribution in [-0.4, -0.2) is 63.2 Å². The van der Waals surface area contributed by atoms with Gasteiger partial charge >= 0.3 is 0 Å². The fourth-order valence-corrected chi connectivity index (χ4v) is 4.90. The Morgan fingerprint density at radius 2 is 1.88 bits per heavy atom. The van der Waals surface area contributed by atoms with Crippen LogP contribution in [0.2, 0.25) is 0 Å². The molecular weight excluding hydrogens is 422 g/mol. The molecule has 3 aromatic rings. The van der Waals surface area contributed by atoms with Crippen molar-refractivity contribution in [3.05, 3.63) is 64.8 Å². The lowest BCUT2D eigenvalue weighted by atomic mass is 10.1. The molecule has 8 heteroatoms. The molecule has 0 atom stereocenters. The van der Waals surface area contributed by atoms with Crippen molar-refractivity contribution < 1.29 is 9.59 Å². The first-order valence-electron chi connectivity index (χ1n) is 10.8. The number of carbonyl (C=O) groups is 2. The van der Waals surface area contributed by atoms with Gasteiger partial charge in [-0.05, 0) is 59.8 Å². The van der Waals surface area contributed by atoms with Crippen LogP contribution in [0.3, 0.4) is 0 Å². The van der Waals surface area contributed by atoms with Gasteiger partial charge in [-0.15, -0.1) is 0 Å². The van der Waals surface area contributed by atoms with Gasteiger partial charge in [0.2, 0.25) is 0 Å². The van der Waals surface area contributed by atoms with Crippen LogP contribution in [0, 0.1) is 0 Å². The van der Waals surface area contributed by atoms with Gasteiger partial charge in [-0.2, -0.15) is 0 Å². The summed E-state index contributed by atoms with van der Waals surface area (Å²) in [6.45, 7) is 8.73. The highest BCUT2D eigenvalue weighted by atomic mass is 32.2. The number of aromatic nitrogens is 2. The topological polar surface area (TPSA) is 70.5 Å². The van der Waals surface area contributed by atoms with Crippen molar-refractivity contribution in [2.75, 3.05) is 32.7 Å². The zero-order valence-electron chi connectivity index (χ0n) is 18.0. The number of likely N-dealkylation sites (N-methyl/N-ethyl adjacent to an activating group) is 1. The van der Waals surface area contributed by atoms with Crippen LogP contribution in [-0.2, 0) is 11.3 Å². The number of carbonyl (C=O) groups excluding carboxylic acids is 2. The first-order chi connectivity index (χ1) is 15.6. The van der Waals surface area contributed by atoms with E-state index in [0.717, 1.165) is 73.3 Å². The minimum absolute atomic E-state index is 0.333. The molecule has 2 amide bonds. The van der Waals surface area contributed by atoms with Gasteiger partial charge < -0.3 is 4.90 Å². The van der Waals surface area contributed by atoms with Gasteiger partial charge in [-0.3, -0.25) is 24.4 Å². The van der Waals surface area contributed by atoms with Gasteiger partial charge in [0.25, 0.3) is 11.1 Å². The quantitative estimate of drug-likeness (QED) is 0.604. The Kier molecular flexibility index (Phi) is 5.82. The third-order valence-corrected chi connectivity index (χ3v) is 6.83. The van der Waals surface area contributed by atoms with Gasteiger partial charge in [0.05, 0.1) is 15.9 Å². The Balaban J connectivity index is 1.40. The standard InChI is InChI=1S/C24H25N5O2S/c1-2-27-8-10-28(11-9-27)15-18-4-3-5-19(12-18)29-16-25-20-7-6-17(13-21(20)29)14-22-23(30)26-24(31)32-22/h3-7,12-14,16H,2,8-11,15H2,1H3,(H,26,30,31). The highest BCUT2D eigenvalue weighted by Crippen LogP contribution is 2.27. The number of imide groups is 1. The Morgan fingerprint density at radius 1 is 1.06 bits per heavy atom. The molecule has 7 nitrogen and oxygen atoms in total. The summed E-state index contributed by atoms with van der Waals surface area (Å²) in [5, 5.41) is 1.96. The third-order valence-electron chi connectivity index (χ3n) is 6.02. The zero-order chi connectivity index (χ0) is 22.1. The zero-order valence-corrected chi connectivity index (χ0v) is 18.8. The first-order valence-corrected chi connectivity index (χ1v) is 11.7. The van der Waals surface area contributed by atoms with Gasteiger partial charge in [-0.25, -0.2) is 4.98 Å². The summed E-state index contributed by atoms with van der Waals surface area (Å²) in [5.41, 5.74) is 5.04. The normalized spacial score (nSPS) is 19.2. The number of amides is 2. The van der Waals surface area contributed by atoms with Crippen LogP contribution in [0.25, 0.3) is 22.8 Å². The summed E-state index contributed by atoms with van der Waals surface area (Å²) in [6.07, 6.45) is 3.58.